The van der Waals surface area contributed by atoms with Gasteiger partial charge in [0.25, 0.3) is 0 Å². The van der Waals surface area contributed by atoms with Gasteiger partial charge in [0.1, 0.15) is 0 Å². The Morgan fingerprint density at radius 3 is 2.89 bits per heavy atom. The third-order valence-electron chi connectivity index (χ3n) is 2.82. The second kappa shape index (κ2) is 6.87. The summed E-state index contributed by atoms with van der Waals surface area (Å²) >= 11 is 0. The van der Waals surface area contributed by atoms with E-state index < -0.39 is 10.0 Å². The van der Waals surface area contributed by atoms with Crippen molar-refractivity contribution >= 4 is 22.4 Å². The molecule has 0 aliphatic carbocycles. The highest BCUT2D eigenvalue weighted by molar-refractivity contribution is 7.88. The largest absolute Gasteiger partial charge is 0.315 e. The topological polar surface area (TPSA) is 82.0 Å². The van der Waals surface area contributed by atoms with E-state index in [2.05, 4.69) is 10.0 Å². The molecule has 2 rings (SSSR count). The molecule has 0 saturated carbocycles. The van der Waals surface area contributed by atoms with Crippen LogP contribution in [0.2, 0.25) is 0 Å². The molecular formula is C12H16ClN3O2S. The molecule has 104 valence electrons. The number of benzene rings is 1. The Morgan fingerprint density at radius 2 is 2.26 bits per heavy atom. The Hall–Kier alpha value is -1.13. The first kappa shape index (κ1) is 15.9. The number of halogens is 1. The zero-order chi connectivity index (χ0) is 13.0. The van der Waals surface area contributed by atoms with E-state index in [0.717, 1.165) is 13.0 Å². The molecule has 0 amide bonds. The summed E-state index contributed by atoms with van der Waals surface area (Å²) in [6.45, 7) is 1.52. The van der Waals surface area contributed by atoms with Crippen LogP contribution in [0.1, 0.15) is 17.5 Å². The monoisotopic (exact) mass is 301 g/mol. The van der Waals surface area contributed by atoms with Gasteiger partial charge in [0.15, 0.2) is 0 Å². The van der Waals surface area contributed by atoms with E-state index in [1.807, 2.05) is 6.07 Å². The highest BCUT2D eigenvalue weighted by Gasteiger charge is 2.21. The van der Waals surface area contributed by atoms with E-state index >= 15 is 0 Å². The maximum atomic E-state index is 11.9. The van der Waals surface area contributed by atoms with Crippen molar-refractivity contribution in [1.29, 1.82) is 5.26 Å². The number of nitrogens with zero attached hydrogens (tertiary/aromatic N) is 1. The van der Waals surface area contributed by atoms with Crippen LogP contribution in [0.4, 0.5) is 0 Å². The first-order valence-corrected chi connectivity index (χ1v) is 7.44. The molecule has 1 aromatic rings. The molecule has 0 bridgehead atoms. The van der Waals surface area contributed by atoms with Gasteiger partial charge < -0.3 is 5.32 Å². The molecule has 1 aliphatic rings. The van der Waals surface area contributed by atoms with E-state index in [9.17, 15) is 8.42 Å². The first-order valence-electron chi connectivity index (χ1n) is 5.79. The van der Waals surface area contributed by atoms with Gasteiger partial charge in [-0.25, -0.2) is 13.1 Å². The van der Waals surface area contributed by atoms with E-state index in [4.69, 9.17) is 5.26 Å². The van der Waals surface area contributed by atoms with Crippen LogP contribution in [0, 0.1) is 11.3 Å². The molecule has 0 aromatic heterocycles. The maximum absolute atomic E-state index is 11.9. The Kier molecular flexibility index (Phi) is 5.76. The number of sulfonamides is 1. The molecule has 1 heterocycles. The lowest BCUT2D eigenvalue weighted by Crippen LogP contribution is -2.36. The SMILES string of the molecule is Cl.N#Cc1cccc(CS(=O)(=O)NC2CCNC2)c1. The summed E-state index contributed by atoms with van der Waals surface area (Å²) in [7, 11) is -3.34. The van der Waals surface area contributed by atoms with Crippen LogP contribution in [-0.4, -0.2) is 27.5 Å². The lowest BCUT2D eigenvalue weighted by molar-refractivity contribution is 0.559. The molecule has 1 unspecified atom stereocenters. The van der Waals surface area contributed by atoms with Crippen molar-refractivity contribution in [3.8, 4) is 6.07 Å². The van der Waals surface area contributed by atoms with Gasteiger partial charge in [-0.05, 0) is 30.7 Å². The van der Waals surface area contributed by atoms with Crippen molar-refractivity contribution in [3.63, 3.8) is 0 Å². The fourth-order valence-electron chi connectivity index (χ4n) is 2.00. The molecule has 1 atom stereocenters. The van der Waals surface area contributed by atoms with Crippen LogP contribution in [0.15, 0.2) is 24.3 Å². The third-order valence-corrected chi connectivity index (χ3v) is 4.23. The Bertz CT molecular complexity index is 563. The normalized spacial score (nSPS) is 18.6. The minimum atomic E-state index is -3.34. The minimum absolute atomic E-state index is 0. The van der Waals surface area contributed by atoms with Crippen LogP contribution >= 0.6 is 12.4 Å². The summed E-state index contributed by atoms with van der Waals surface area (Å²) in [5.41, 5.74) is 1.11. The van der Waals surface area contributed by atoms with Crippen molar-refractivity contribution in [3.05, 3.63) is 35.4 Å². The van der Waals surface area contributed by atoms with Crippen molar-refractivity contribution < 1.29 is 8.42 Å². The minimum Gasteiger partial charge on any atom is -0.315 e. The van der Waals surface area contributed by atoms with E-state index in [0.29, 0.717) is 17.7 Å². The number of hydrogen-bond donors (Lipinski definition) is 2. The van der Waals surface area contributed by atoms with Crippen molar-refractivity contribution in [2.45, 2.75) is 18.2 Å². The summed E-state index contributed by atoms with van der Waals surface area (Å²) in [5.74, 6) is -0.0843. The molecular weight excluding hydrogens is 286 g/mol. The Balaban J connectivity index is 0.00000180. The molecule has 7 heteroatoms. The molecule has 1 saturated heterocycles. The van der Waals surface area contributed by atoms with Gasteiger partial charge in [0, 0.05) is 12.6 Å². The van der Waals surface area contributed by atoms with Gasteiger partial charge in [-0.2, -0.15) is 5.26 Å². The Labute approximate surface area is 119 Å². The van der Waals surface area contributed by atoms with Crippen LogP contribution < -0.4 is 10.0 Å². The summed E-state index contributed by atoms with van der Waals surface area (Å²) in [4.78, 5) is 0. The molecule has 1 fully saturated rings. The van der Waals surface area contributed by atoms with E-state index in [-0.39, 0.29) is 24.2 Å². The number of nitrogens with one attached hydrogen (secondary N) is 2. The van der Waals surface area contributed by atoms with Gasteiger partial charge >= 0.3 is 0 Å². The number of rotatable bonds is 4. The second-order valence-corrected chi connectivity index (χ2v) is 6.13. The molecule has 2 N–H and O–H groups in total. The molecule has 1 aliphatic heterocycles. The van der Waals surface area contributed by atoms with Crippen molar-refractivity contribution in [2.24, 2.45) is 0 Å². The smallest absolute Gasteiger partial charge is 0.216 e. The number of nitriles is 1. The molecule has 19 heavy (non-hydrogen) atoms. The summed E-state index contributed by atoms with van der Waals surface area (Å²) in [5, 5.41) is 11.9. The molecule has 5 nitrogen and oxygen atoms in total. The molecule has 1 aromatic carbocycles. The van der Waals surface area contributed by atoms with Crippen LogP contribution in [0.3, 0.4) is 0 Å². The highest BCUT2D eigenvalue weighted by Crippen LogP contribution is 2.09. The standard InChI is InChI=1S/C12H15N3O2S.ClH/c13-7-10-2-1-3-11(6-10)9-18(16,17)15-12-4-5-14-8-12;/h1-3,6,12,14-15H,4-5,8-9H2;1H. The van der Waals surface area contributed by atoms with Gasteiger partial charge in [-0.1, -0.05) is 12.1 Å². The number of hydrogen-bond acceptors (Lipinski definition) is 4. The van der Waals surface area contributed by atoms with Gasteiger partial charge in [-0.15, -0.1) is 12.4 Å². The summed E-state index contributed by atoms with van der Waals surface area (Å²) in [6, 6.07) is 8.65. The molecule has 0 spiro atoms. The predicted octanol–water partition coefficient (Wildman–Crippen LogP) is 0.761. The third kappa shape index (κ3) is 4.80. The van der Waals surface area contributed by atoms with Crippen LogP contribution in [0.25, 0.3) is 0 Å². The molecule has 0 radical (unpaired) electrons. The van der Waals surface area contributed by atoms with Gasteiger partial charge in [0.05, 0.1) is 17.4 Å². The fraction of sp³-hybridized carbons (Fsp3) is 0.417. The van der Waals surface area contributed by atoms with Gasteiger partial charge in [-0.3, -0.25) is 0 Å². The quantitative estimate of drug-likeness (QED) is 0.860. The summed E-state index contributed by atoms with van der Waals surface area (Å²) < 4.78 is 26.5. The zero-order valence-corrected chi connectivity index (χ0v) is 11.9. The van der Waals surface area contributed by atoms with Crippen molar-refractivity contribution in [1.82, 2.24) is 10.0 Å². The lowest BCUT2D eigenvalue weighted by atomic mass is 10.2. The van der Waals surface area contributed by atoms with E-state index in [1.165, 1.54) is 0 Å². The van der Waals surface area contributed by atoms with E-state index in [1.54, 1.807) is 24.3 Å². The first-order chi connectivity index (χ1) is 8.59. The highest BCUT2D eigenvalue weighted by atomic mass is 35.5. The second-order valence-electron chi connectivity index (χ2n) is 4.38. The summed E-state index contributed by atoms with van der Waals surface area (Å²) in [6.07, 6.45) is 0.817. The zero-order valence-electron chi connectivity index (χ0n) is 10.3. The van der Waals surface area contributed by atoms with Crippen LogP contribution in [-0.2, 0) is 15.8 Å². The average molecular weight is 302 g/mol. The fourth-order valence-corrected chi connectivity index (χ4v) is 3.41. The predicted molar refractivity (Wildman–Crippen MR) is 75.4 cm³/mol. The Morgan fingerprint density at radius 1 is 1.47 bits per heavy atom. The van der Waals surface area contributed by atoms with Gasteiger partial charge in [0.2, 0.25) is 10.0 Å². The van der Waals surface area contributed by atoms with Crippen molar-refractivity contribution in [2.75, 3.05) is 13.1 Å². The van der Waals surface area contributed by atoms with Crippen LogP contribution in [0.5, 0.6) is 0 Å². The average Bonchev–Trinajstić information content (AvgIpc) is 2.80. The maximum Gasteiger partial charge on any atom is 0.216 e. The lowest BCUT2D eigenvalue weighted by Gasteiger charge is -2.11.